The molecule has 4 nitrogen and oxygen atoms in total. The van der Waals surface area contributed by atoms with E-state index in [0.29, 0.717) is 24.7 Å². The Labute approximate surface area is 131 Å². The average molecular weight is 316 g/mol. The maximum atomic E-state index is 13.2. The molecule has 0 saturated carbocycles. The third-order valence-corrected chi connectivity index (χ3v) is 3.74. The van der Waals surface area contributed by atoms with Crippen LogP contribution >= 0.6 is 0 Å². The summed E-state index contributed by atoms with van der Waals surface area (Å²) < 4.78 is 26.3. The molecule has 0 bridgehead atoms. The molecule has 2 aromatic rings. The summed E-state index contributed by atoms with van der Waals surface area (Å²) >= 11 is 0. The fraction of sp³-hybridized carbons (Fsp3) is 0.176. The highest BCUT2D eigenvalue weighted by Gasteiger charge is 2.22. The molecule has 0 aromatic heterocycles. The van der Waals surface area contributed by atoms with Crippen LogP contribution in [0.5, 0.6) is 0 Å². The third kappa shape index (κ3) is 3.06. The van der Waals surface area contributed by atoms with Crippen molar-refractivity contribution in [3.63, 3.8) is 0 Å². The van der Waals surface area contributed by atoms with Crippen molar-refractivity contribution in [2.75, 3.05) is 16.8 Å². The first-order chi connectivity index (χ1) is 10.9. The maximum absolute atomic E-state index is 13.2. The molecule has 0 aliphatic carbocycles. The fourth-order valence-electron chi connectivity index (χ4n) is 2.69. The van der Waals surface area contributed by atoms with Gasteiger partial charge in [0, 0.05) is 36.5 Å². The Morgan fingerprint density at radius 3 is 2.43 bits per heavy atom. The van der Waals surface area contributed by atoms with Crippen molar-refractivity contribution in [2.24, 2.45) is 0 Å². The number of hydrogen-bond donors (Lipinski definition) is 1. The normalized spacial score (nSPS) is 12.9. The van der Waals surface area contributed by atoms with Crippen LogP contribution < -0.4 is 10.2 Å². The van der Waals surface area contributed by atoms with Crippen LogP contribution in [-0.4, -0.2) is 18.4 Å². The molecule has 1 N–H and O–H groups in total. The molecule has 0 fully saturated rings. The van der Waals surface area contributed by atoms with Crippen LogP contribution in [0.2, 0.25) is 0 Å². The summed E-state index contributed by atoms with van der Waals surface area (Å²) in [4.78, 5) is 25.3. The van der Waals surface area contributed by atoms with Crippen molar-refractivity contribution in [2.45, 2.75) is 13.3 Å². The number of halogens is 2. The van der Waals surface area contributed by atoms with Gasteiger partial charge in [0.15, 0.2) is 0 Å². The Morgan fingerprint density at radius 1 is 1.09 bits per heavy atom. The van der Waals surface area contributed by atoms with E-state index in [0.717, 1.165) is 23.4 Å². The lowest BCUT2D eigenvalue weighted by Crippen LogP contribution is -2.25. The monoisotopic (exact) mass is 316 g/mol. The summed E-state index contributed by atoms with van der Waals surface area (Å²) in [6.45, 7) is 2.11. The van der Waals surface area contributed by atoms with Crippen LogP contribution in [0.15, 0.2) is 36.4 Å². The molecule has 1 heterocycles. The number of rotatable bonds is 2. The van der Waals surface area contributed by atoms with Gasteiger partial charge in [0.2, 0.25) is 5.91 Å². The van der Waals surface area contributed by atoms with E-state index >= 15 is 0 Å². The standard InChI is InChI=1S/C17H14F2N2O2/c1-10(22)21-5-4-11-8-15(2-3-16(11)21)20-17(23)12-6-13(18)9-14(19)7-12/h2-3,6-9H,4-5H2,1H3,(H,20,23). The van der Waals surface area contributed by atoms with Gasteiger partial charge in [-0.2, -0.15) is 0 Å². The smallest absolute Gasteiger partial charge is 0.255 e. The highest BCUT2D eigenvalue weighted by atomic mass is 19.1. The second-order valence-corrected chi connectivity index (χ2v) is 5.38. The number of nitrogens with zero attached hydrogens (tertiary/aromatic N) is 1. The van der Waals surface area contributed by atoms with Crippen LogP contribution in [0.1, 0.15) is 22.8 Å². The Morgan fingerprint density at radius 2 is 1.78 bits per heavy atom. The Hall–Kier alpha value is -2.76. The molecule has 2 amide bonds. The molecule has 1 aliphatic rings. The summed E-state index contributed by atoms with van der Waals surface area (Å²) in [5.74, 6) is -2.23. The second-order valence-electron chi connectivity index (χ2n) is 5.38. The predicted molar refractivity (Wildman–Crippen MR) is 82.5 cm³/mol. The van der Waals surface area contributed by atoms with E-state index in [1.54, 1.807) is 23.1 Å². The van der Waals surface area contributed by atoms with Gasteiger partial charge in [0.25, 0.3) is 5.91 Å². The van der Waals surface area contributed by atoms with Gasteiger partial charge < -0.3 is 10.2 Å². The molecule has 2 aromatic carbocycles. The van der Waals surface area contributed by atoms with Crippen LogP contribution in [0.4, 0.5) is 20.2 Å². The van der Waals surface area contributed by atoms with Crippen LogP contribution in [-0.2, 0) is 11.2 Å². The lowest BCUT2D eigenvalue weighted by atomic mass is 10.1. The second kappa shape index (κ2) is 5.79. The SMILES string of the molecule is CC(=O)N1CCc2cc(NC(=O)c3cc(F)cc(F)c3)ccc21. The summed E-state index contributed by atoms with van der Waals surface area (Å²) in [6.07, 6.45) is 0.702. The van der Waals surface area contributed by atoms with Gasteiger partial charge in [-0.3, -0.25) is 9.59 Å². The van der Waals surface area contributed by atoms with E-state index in [9.17, 15) is 18.4 Å². The van der Waals surface area contributed by atoms with Crippen LogP contribution in [0, 0.1) is 11.6 Å². The number of nitrogens with one attached hydrogen (secondary N) is 1. The Balaban J connectivity index is 1.81. The first kappa shape index (κ1) is 15.1. The lowest BCUT2D eigenvalue weighted by Gasteiger charge is -2.15. The van der Waals surface area contributed by atoms with E-state index in [4.69, 9.17) is 0 Å². The molecule has 1 aliphatic heterocycles. The van der Waals surface area contributed by atoms with Gasteiger partial charge in [-0.15, -0.1) is 0 Å². The Bertz CT molecular complexity index is 785. The minimum atomic E-state index is -0.804. The summed E-state index contributed by atoms with van der Waals surface area (Å²) in [7, 11) is 0. The van der Waals surface area contributed by atoms with Gasteiger partial charge in [-0.05, 0) is 42.3 Å². The molecular weight excluding hydrogens is 302 g/mol. The first-order valence-corrected chi connectivity index (χ1v) is 7.12. The zero-order valence-corrected chi connectivity index (χ0v) is 12.4. The van der Waals surface area contributed by atoms with Gasteiger partial charge >= 0.3 is 0 Å². The van der Waals surface area contributed by atoms with Gasteiger partial charge in [0.1, 0.15) is 11.6 Å². The van der Waals surface area contributed by atoms with E-state index in [1.165, 1.54) is 6.92 Å². The number of amides is 2. The van der Waals surface area contributed by atoms with Crippen molar-refractivity contribution in [1.29, 1.82) is 0 Å². The average Bonchev–Trinajstić information content (AvgIpc) is 2.89. The molecule has 0 atom stereocenters. The molecule has 0 spiro atoms. The van der Waals surface area contributed by atoms with Crippen LogP contribution in [0.25, 0.3) is 0 Å². The Kier molecular flexibility index (Phi) is 3.82. The van der Waals surface area contributed by atoms with Crippen molar-refractivity contribution >= 4 is 23.2 Å². The molecule has 3 rings (SSSR count). The van der Waals surface area contributed by atoms with Crippen molar-refractivity contribution in [3.8, 4) is 0 Å². The maximum Gasteiger partial charge on any atom is 0.255 e. The molecule has 0 radical (unpaired) electrons. The number of benzene rings is 2. The largest absolute Gasteiger partial charge is 0.322 e. The molecule has 6 heteroatoms. The predicted octanol–water partition coefficient (Wildman–Crippen LogP) is 3.13. The lowest BCUT2D eigenvalue weighted by molar-refractivity contribution is -0.116. The van der Waals surface area contributed by atoms with Crippen LogP contribution in [0.3, 0.4) is 0 Å². The highest BCUT2D eigenvalue weighted by molar-refractivity contribution is 6.04. The number of anilines is 2. The number of carbonyl (C=O) groups excluding carboxylic acids is 2. The van der Waals surface area contributed by atoms with E-state index in [-0.39, 0.29) is 11.5 Å². The molecule has 118 valence electrons. The van der Waals surface area contributed by atoms with Gasteiger partial charge in [-0.25, -0.2) is 8.78 Å². The van der Waals surface area contributed by atoms with Crippen molar-refractivity contribution in [1.82, 2.24) is 0 Å². The number of hydrogen-bond acceptors (Lipinski definition) is 2. The first-order valence-electron chi connectivity index (χ1n) is 7.12. The zero-order valence-electron chi connectivity index (χ0n) is 12.4. The highest BCUT2D eigenvalue weighted by Crippen LogP contribution is 2.30. The summed E-state index contributed by atoms with van der Waals surface area (Å²) in [5.41, 5.74) is 2.20. The third-order valence-electron chi connectivity index (χ3n) is 3.74. The summed E-state index contributed by atoms with van der Waals surface area (Å²) in [5, 5.41) is 2.61. The van der Waals surface area contributed by atoms with Gasteiger partial charge in [-0.1, -0.05) is 0 Å². The molecule has 23 heavy (non-hydrogen) atoms. The van der Waals surface area contributed by atoms with E-state index in [2.05, 4.69) is 5.32 Å². The minimum Gasteiger partial charge on any atom is -0.322 e. The van der Waals surface area contributed by atoms with Crippen molar-refractivity contribution < 1.29 is 18.4 Å². The van der Waals surface area contributed by atoms with E-state index in [1.807, 2.05) is 0 Å². The minimum absolute atomic E-state index is 0.0317. The zero-order chi connectivity index (χ0) is 16.6. The number of carbonyl (C=O) groups is 2. The fourth-order valence-corrected chi connectivity index (χ4v) is 2.69. The summed E-state index contributed by atoms with van der Waals surface area (Å²) in [6, 6.07) is 7.85. The van der Waals surface area contributed by atoms with Crippen molar-refractivity contribution in [3.05, 3.63) is 59.2 Å². The molecule has 0 saturated heterocycles. The quantitative estimate of drug-likeness (QED) is 0.925. The van der Waals surface area contributed by atoms with Gasteiger partial charge in [0.05, 0.1) is 0 Å². The molecule has 0 unspecified atom stereocenters. The molecular formula is C17H14F2N2O2. The topological polar surface area (TPSA) is 49.4 Å². The number of fused-ring (bicyclic) bond motifs is 1. The van der Waals surface area contributed by atoms with E-state index < -0.39 is 17.5 Å².